The van der Waals surface area contributed by atoms with Crippen LogP contribution in [0.5, 0.6) is 0 Å². The normalized spacial score (nSPS) is 14.8. The first-order valence-corrected chi connectivity index (χ1v) is 9.16. The molecule has 27 heavy (non-hydrogen) atoms. The predicted molar refractivity (Wildman–Crippen MR) is 95.1 cm³/mol. The fourth-order valence-electron chi connectivity index (χ4n) is 3.34. The van der Waals surface area contributed by atoms with Crippen LogP contribution in [-0.4, -0.2) is 53.9 Å². The molecule has 0 saturated carbocycles. The Bertz CT molecular complexity index is 903. The van der Waals surface area contributed by atoms with Crippen LogP contribution in [0.1, 0.15) is 35.9 Å². The Kier molecular flexibility index (Phi) is 4.71. The minimum Gasteiger partial charge on any atom is -0.340 e. The fraction of sp³-hybridized carbons (Fsp3) is 0.588. The van der Waals surface area contributed by atoms with Gasteiger partial charge in [0.1, 0.15) is 12.4 Å². The van der Waals surface area contributed by atoms with E-state index in [1.165, 1.54) is 4.68 Å². The molecule has 0 aromatic carbocycles. The zero-order chi connectivity index (χ0) is 19.0. The van der Waals surface area contributed by atoms with Gasteiger partial charge in [-0.2, -0.15) is 10.1 Å². The molecule has 0 N–H and O–H groups in total. The Labute approximate surface area is 155 Å². The summed E-state index contributed by atoms with van der Waals surface area (Å²) in [7, 11) is 0. The Morgan fingerprint density at radius 2 is 1.85 bits per heavy atom. The van der Waals surface area contributed by atoms with Gasteiger partial charge in [0.25, 0.3) is 6.43 Å². The van der Waals surface area contributed by atoms with Gasteiger partial charge in [-0.3, -0.25) is 4.98 Å². The van der Waals surface area contributed by atoms with Gasteiger partial charge in [-0.15, -0.1) is 5.10 Å². The molecule has 144 valence electrons. The molecule has 1 fully saturated rings. The van der Waals surface area contributed by atoms with E-state index in [0.717, 1.165) is 43.0 Å². The summed E-state index contributed by atoms with van der Waals surface area (Å²) in [5.41, 5.74) is 2.42. The number of alkyl halides is 2. The maximum absolute atomic E-state index is 12.9. The van der Waals surface area contributed by atoms with Gasteiger partial charge in [-0.25, -0.2) is 23.0 Å². The van der Waals surface area contributed by atoms with Crippen LogP contribution in [0.25, 0.3) is 5.65 Å². The van der Waals surface area contributed by atoms with Gasteiger partial charge in [0.15, 0.2) is 11.5 Å². The number of fused-ring (bicyclic) bond motifs is 1. The summed E-state index contributed by atoms with van der Waals surface area (Å²) in [6.45, 7) is 5.10. The first kappa shape index (κ1) is 17.7. The number of aromatic nitrogens is 7. The molecule has 1 aliphatic rings. The monoisotopic (exact) mass is 376 g/mol. The highest BCUT2D eigenvalue weighted by Crippen LogP contribution is 2.18. The van der Waals surface area contributed by atoms with Crippen molar-refractivity contribution < 1.29 is 8.78 Å². The molecule has 0 spiro atoms. The predicted octanol–water partition coefficient (Wildman–Crippen LogP) is 1.98. The van der Waals surface area contributed by atoms with E-state index >= 15 is 0 Å². The maximum atomic E-state index is 12.9. The van der Waals surface area contributed by atoms with Crippen molar-refractivity contribution in [2.24, 2.45) is 0 Å². The maximum Gasteiger partial charge on any atom is 0.257 e. The van der Waals surface area contributed by atoms with Gasteiger partial charge in [0.05, 0.1) is 11.4 Å². The van der Waals surface area contributed by atoms with E-state index in [2.05, 4.69) is 25.1 Å². The Balaban J connectivity index is 1.56. The van der Waals surface area contributed by atoms with E-state index in [-0.39, 0.29) is 0 Å². The van der Waals surface area contributed by atoms with Gasteiger partial charge < -0.3 is 4.90 Å². The van der Waals surface area contributed by atoms with Gasteiger partial charge in [-0.05, 0) is 26.7 Å². The van der Waals surface area contributed by atoms with E-state index in [1.54, 1.807) is 10.7 Å². The molecule has 0 amide bonds. The molecule has 8 nitrogen and oxygen atoms in total. The molecule has 4 heterocycles. The zero-order valence-corrected chi connectivity index (χ0v) is 15.4. The lowest BCUT2D eigenvalue weighted by Crippen LogP contribution is -2.19. The first-order valence-electron chi connectivity index (χ1n) is 9.16. The summed E-state index contributed by atoms with van der Waals surface area (Å²) in [4.78, 5) is 15.4. The van der Waals surface area contributed by atoms with Crippen LogP contribution in [0.4, 0.5) is 14.7 Å². The van der Waals surface area contributed by atoms with Crippen LogP contribution >= 0.6 is 0 Å². The quantitative estimate of drug-likeness (QED) is 0.655. The standard InChI is InChI=1S/C17H22F2N8/c1-11-9-20-12(2)16-21-14(23-27(11)16)5-6-15-22-17(25-7-3-4-8-25)24-26(15)10-13(18)19/h9,13H,3-8,10H2,1-2H3. The van der Waals surface area contributed by atoms with Gasteiger partial charge in [-0.1, -0.05) is 0 Å². The molecule has 1 saturated heterocycles. The molecule has 10 heteroatoms. The van der Waals surface area contributed by atoms with Crippen molar-refractivity contribution in [1.82, 2.24) is 34.3 Å². The minimum absolute atomic E-state index is 0.448. The third-order valence-corrected chi connectivity index (χ3v) is 4.76. The molecular weight excluding hydrogens is 354 g/mol. The average molecular weight is 376 g/mol. The molecule has 3 aromatic heterocycles. The van der Waals surface area contributed by atoms with Crippen molar-refractivity contribution in [2.45, 2.75) is 52.5 Å². The Morgan fingerprint density at radius 3 is 2.56 bits per heavy atom. The molecule has 4 rings (SSSR count). The van der Waals surface area contributed by atoms with Gasteiger partial charge in [0, 0.05) is 32.1 Å². The molecule has 0 bridgehead atoms. The minimum atomic E-state index is -2.47. The molecule has 1 aliphatic heterocycles. The van der Waals surface area contributed by atoms with E-state index in [1.807, 2.05) is 18.7 Å². The zero-order valence-electron chi connectivity index (χ0n) is 15.4. The number of anilines is 1. The topological polar surface area (TPSA) is 77.0 Å². The second kappa shape index (κ2) is 7.16. The number of hydrogen-bond donors (Lipinski definition) is 0. The van der Waals surface area contributed by atoms with E-state index in [0.29, 0.717) is 30.4 Å². The van der Waals surface area contributed by atoms with Crippen LogP contribution in [0.3, 0.4) is 0 Å². The summed E-state index contributed by atoms with van der Waals surface area (Å²) in [5.74, 6) is 1.73. The van der Waals surface area contributed by atoms with Crippen LogP contribution in [0.2, 0.25) is 0 Å². The highest BCUT2D eigenvalue weighted by atomic mass is 19.3. The molecular formula is C17H22F2N8. The highest BCUT2D eigenvalue weighted by Gasteiger charge is 2.21. The average Bonchev–Trinajstić information content (AvgIpc) is 3.35. The van der Waals surface area contributed by atoms with E-state index in [4.69, 9.17) is 0 Å². The summed E-state index contributed by atoms with van der Waals surface area (Å²) < 4.78 is 29.0. The molecule has 0 atom stereocenters. The number of halogens is 2. The summed E-state index contributed by atoms with van der Waals surface area (Å²) in [6.07, 6.45) is 2.40. The van der Waals surface area contributed by atoms with Crippen molar-refractivity contribution in [3.05, 3.63) is 29.2 Å². The second-order valence-corrected chi connectivity index (χ2v) is 6.84. The fourth-order valence-corrected chi connectivity index (χ4v) is 3.34. The van der Waals surface area contributed by atoms with Crippen LogP contribution < -0.4 is 4.90 Å². The first-order chi connectivity index (χ1) is 13.0. The SMILES string of the molecule is Cc1ncc(C)n2nc(CCc3nc(N4CCCC4)nn3CC(F)F)nc12. The van der Waals surface area contributed by atoms with E-state index in [9.17, 15) is 8.78 Å². The Morgan fingerprint density at radius 1 is 1.07 bits per heavy atom. The van der Waals surface area contributed by atoms with Crippen molar-refractivity contribution in [3.8, 4) is 0 Å². The van der Waals surface area contributed by atoms with Crippen LogP contribution in [0, 0.1) is 13.8 Å². The third kappa shape index (κ3) is 3.60. The lowest BCUT2D eigenvalue weighted by Gasteiger charge is -2.10. The van der Waals surface area contributed by atoms with Crippen molar-refractivity contribution in [3.63, 3.8) is 0 Å². The number of nitrogens with zero attached hydrogens (tertiary/aromatic N) is 8. The summed E-state index contributed by atoms with van der Waals surface area (Å²) in [5, 5.41) is 8.82. The smallest absolute Gasteiger partial charge is 0.257 e. The number of hydrogen-bond acceptors (Lipinski definition) is 6. The van der Waals surface area contributed by atoms with Gasteiger partial charge in [0.2, 0.25) is 5.95 Å². The highest BCUT2D eigenvalue weighted by molar-refractivity contribution is 5.43. The molecule has 3 aromatic rings. The molecule has 0 unspecified atom stereocenters. The largest absolute Gasteiger partial charge is 0.340 e. The lowest BCUT2D eigenvalue weighted by atomic mass is 10.3. The number of rotatable bonds is 6. The lowest BCUT2D eigenvalue weighted by molar-refractivity contribution is 0.120. The van der Waals surface area contributed by atoms with Crippen LogP contribution in [0.15, 0.2) is 6.20 Å². The summed E-state index contributed by atoms with van der Waals surface area (Å²) >= 11 is 0. The third-order valence-electron chi connectivity index (χ3n) is 4.76. The molecule has 0 radical (unpaired) electrons. The Hall–Kier alpha value is -2.65. The van der Waals surface area contributed by atoms with Crippen molar-refractivity contribution in [2.75, 3.05) is 18.0 Å². The second-order valence-electron chi connectivity index (χ2n) is 6.84. The molecule has 0 aliphatic carbocycles. The number of aryl methyl sites for hydroxylation is 4. The van der Waals surface area contributed by atoms with E-state index < -0.39 is 13.0 Å². The van der Waals surface area contributed by atoms with Crippen molar-refractivity contribution >= 4 is 11.6 Å². The summed E-state index contributed by atoms with van der Waals surface area (Å²) in [6, 6.07) is 0. The van der Waals surface area contributed by atoms with Crippen molar-refractivity contribution in [1.29, 1.82) is 0 Å². The van der Waals surface area contributed by atoms with Gasteiger partial charge >= 0.3 is 0 Å². The van der Waals surface area contributed by atoms with Crippen LogP contribution in [-0.2, 0) is 19.4 Å².